The maximum atomic E-state index is 6.81. The van der Waals surface area contributed by atoms with Crippen molar-refractivity contribution in [2.75, 3.05) is 0 Å². The highest BCUT2D eigenvalue weighted by Crippen LogP contribution is 2.44. The first-order valence-electron chi connectivity index (χ1n) is 17.9. The first-order valence-corrected chi connectivity index (χ1v) is 17.9. The minimum Gasteiger partial charge on any atom is -0.455 e. The van der Waals surface area contributed by atoms with Gasteiger partial charge in [0.15, 0.2) is 17.5 Å². The minimum atomic E-state index is 0.560. The Labute approximate surface area is 304 Å². The molecule has 0 aliphatic heterocycles. The number of para-hydroxylation sites is 1. The Morgan fingerprint density at radius 1 is 0.321 bits per heavy atom. The number of fused-ring (bicyclic) bond motifs is 8. The Bertz CT molecular complexity index is 3150. The molecule has 0 saturated heterocycles. The maximum absolute atomic E-state index is 6.81. The van der Waals surface area contributed by atoms with Crippen LogP contribution in [0.3, 0.4) is 0 Å². The molecule has 0 aliphatic carbocycles. The lowest BCUT2D eigenvalue weighted by Gasteiger charge is -2.14. The third kappa shape index (κ3) is 4.80. The molecule has 0 unspecified atom stereocenters. The SMILES string of the molecule is c1ccc2cc(-c3nc(-c4ccc5ccccc5c4)nc(-c4ccc(-c5cc6ccccc6c6ccccc56)c5c4oc4ccccc45)n3)ccc2c1. The van der Waals surface area contributed by atoms with Crippen molar-refractivity contribution in [3.05, 3.63) is 176 Å². The van der Waals surface area contributed by atoms with Gasteiger partial charge in [0.1, 0.15) is 11.2 Å². The Morgan fingerprint density at radius 3 is 1.51 bits per heavy atom. The zero-order chi connectivity index (χ0) is 34.9. The second-order valence-electron chi connectivity index (χ2n) is 13.6. The van der Waals surface area contributed by atoms with Crippen LogP contribution in [0.5, 0.6) is 0 Å². The van der Waals surface area contributed by atoms with Gasteiger partial charge in [-0.1, -0.05) is 146 Å². The van der Waals surface area contributed by atoms with Crippen molar-refractivity contribution in [2.45, 2.75) is 0 Å². The fraction of sp³-hybridized carbons (Fsp3) is 0. The average Bonchev–Trinajstić information content (AvgIpc) is 3.62. The monoisotopic (exact) mass is 675 g/mol. The molecule has 0 radical (unpaired) electrons. The Morgan fingerprint density at radius 2 is 0.830 bits per heavy atom. The Hall–Kier alpha value is -7.17. The van der Waals surface area contributed by atoms with Crippen molar-refractivity contribution in [1.29, 1.82) is 0 Å². The summed E-state index contributed by atoms with van der Waals surface area (Å²) in [4.78, 5) is 15.5. The molecular formula is C49H29N3O. The van der Waals surface area contributed by atoms with Gasteiger partial charge in [-0.25, -0.2) is 15.0 Å². The summed E-state index contributed by atoms with van der Waals surface area (Å²) in [5, 5.41) is 11.5. The largest absolute Gasteiger partial charge is 0.455 e. The van der Waals surface area contributed by atoms with Crippen molar-refractivity contribution in [2.24, 2.45) is 0 Å². The van der Waals surface area contributed by atoms with E-state index in [2.05, 4.69) is 164 Å². The molecule has 0 bridgehead atoms. The van der Waals surface area contributed by atoms with Crippen LogP contribution in [-0.4, -0.2) is 15.0 Å². The number of hydrogen-bond acceptors (Lipinski definition) is 4. The van der Waals surface area contributed by atoms with E-state index in [4.69, 9.17) is 19.4 Å². The van der Waals surface area contributed by atoms with E-state index in [0.29, 0.717) is 17.5 Å². The fourth-order valence-electron chi connectivity index (χ4n) is 7.92. The van der Waals surface area contributed by atoms with Gasteiger partial charge in [-0.05, 0) is 84.5 Å². The second kappa shape index (κ2) is 11.7. The summed E-state index contributed by atoms with van der Waals surface area (Å²) in [5.41, 5.74) is 6.50. The van der Waals surface area contributed by atoms with E-state index in [9.17, 15) is 0 Å². The zero-order valence-electron chi connectivity index (χ0n) is 28.5. The molecule has 246 valence electrons. The van der Waals surface area contributed by atoms with Crippen molar-refractivity contribution in [1.82, 2.24) is 15.0 Å². The summed E-state index contributed by atoms with van der Waals surface area (Å²) >= 11 is 0. The van der Waals surface area contributed by atoms with Crippen molar-refractivity contribution in [3.63, 3.8) is 0 Å². The normalized spacial score (nSPS) is 11.8. The lowest BCUT2D eigenvalue weighted by Crippen LogP contribution is -2.00. The van der Waals surface area contributed by atoms with E-state index in [-0.39, 0.29) is 0 Å². The van der Waals surface area contributed by atoms with Gasteiger partial charge in [0.05, 0.1) is 5.56 Å². The molecule has 0 fully saturated rings. The molecule has 0 spiro atoms. The molecule has 4 nitrogen and oxygen atoms in total. The molecule has 0 amide bonds. The second-order valence-corrected chi connectivity index (χ2v) is 13.6. The van der Waals surface area contributed by atoms with Crippen LogP contribution in [0.2, 0.25) is 0 Å². The molecule has 53 heavy (non-hydrogen) atoms. The number of furan rings is 1. The van der Waals surface area contributed by atoms with E-state index < -0.39 is 0 Å². The third-order valence-electron chi connectivity index (χ3n) is 10.5. The molecule has 2 aromatic heterocycles. The fourth-order valence-corrected chi connectivity index (χ4v) is 7.92. The van der Waals surface area contributed by atoms with E-state index in [1.807, 2.05) is 12.1 Å². The van der Waals surface area contributed by atoms with Gasteiger partial charge in [-0.15, -0.1) is 0 Å². The van der Waals surface area contributed by atoms with Gasteiger partial charge in [-0.2, -0.15) is 0 Å². The number of hydrogen-bond donors (Lipinski definition) is 0. The van der Waals surface area contributed by atoms with E-state index in [0.717, 1.165) is 60.5 Å². The standard InChI is InChI=1S/C49H29N3O/c1-3-13-32-27-35(23-21-30(32)11-1)47-50-48(36-24-22-31-12-2-4-14-33(31)28-36)52-49(51-47)42-26-25-40(45-41-19-9-10-20-44(41)53-46(42)45)43-29-34-15-5-6-16-37(34)38-17-7-8-18-39(38)43/h1-29H. The smallest absolute Gasteiger partial charge is 0.167 e. The van der Waals surface area contributed by atoms with Crippen molar-refractivity contribution in [3.8, 4) is 45.3 Å². The highest BCUT2D eigenvalue weighted by Gasteiger charge is 2.22. The molecule has 0 aliphatic rings. The summed E-state index contributed by atoms with van der Waals surface area (Å²) in [6.45, 7) is 0. The summed E-state index contributed by atoms with van der Waals surface area (Å²) in [7, 11) is 0. The number of rotatable bonds is 4. The number of nitrogens with zero attached hydrogens (tertiary/aromatic N) is 3. The van der Waals surface area contributed by atoms with E-state index in [1.54, 1.807) is 0 Å². The summed E-state index contributed by atoms with van der Waals surface area (Å²) in [5.74, 6) is 1.78. The van der Waals surface area contributed by atoms with Crippen LogP contribution in [0.25, 0.3) is 110 Å². The van der Waals surface area contributed by atoms with Crippen LogP contribution < -0.4 is 0 Å². The number of aromatic nitrogens is 3. The first-order chi connectivity index (χ1) is 26.2. The molecule has 11 aromatic rings. The topological polar surface area (TPSA) is 51.8 Å². The highest BCUT2D eigenvalue weighted by atomic mass is 16.3. The van der Waals surface area contributed by atoms with Crippen molar-refractivity contribution >= 4 is 65.0 Å². The molecule has 0 atom stereocenters. The van der Waals surface area contributed by atoms with Gasteiger partial charge < -0.3 is 4.42 Å². The summed E-state index contributed by atoms with van der Waals surface area (Å²) in [6.07, 6.45) is 0. The molecule has 11 rings (SSSR count). The lowest BCUT2D eigenvalue weighted by molar-refractivity contribution is 0.669. The quantitative estimate of drug-likeness (QED) is 0.174. The van der Waals surface area contributed by atoms with Gasteiger partial charge in [0.25, 0.3) is 0 Å². The molecule has 0 saturated carbocycles. The van der Waals surface area contributed by atoms with E-state index in [1.165, 1.54) is 32.3 Å². The van der Waals surface area contributed by atoms with E-state index >= 15 is 0 Å². The first kappa shape index (κ1) is 29.5. The van der Waals surface area contributed by atoms with Crippen LogP contribution >= 0.6 is 0 Å². The average molecular weight is 676 g/mol. The maximum Gasteiger partial charge on any atom is 0.167 e. The van der Waals surface area contributed by atoms with Crippen LogP contribution in [0.1, 0.15) is 0 Å². The van der Waals surface area contributed by atoms with Gasteiger partial charge in [-0.3, -0.25) is 0 Å². The molecular weight excluding hydrogens is 647 g/mol. The van der Waals surface area contributed by atoms with Crippen LogP contribution in [0.4, 0.5) is 0 Å². The zero-order valence-corrected chi connectivity index (χ0v) is 28.5. The lowest BCUT2D eigenvalue weighted by atomic mass is 9.90. The van der Waals surface area contributed by atoms with Gasteiger partial charge in [0.2, 0.25) is 0 Å². The summed E-state index contributed by atoms with van der Waals surface area (Å²) in [6, 6.07) is 61.7. The Kier molecular flexibility index (Phi) is 6.52. The van der Waals surface area contributed by atoms with Crippen molar-refractivity contribution < 1.29 is 4.42 Å². The molecule has 0 N–H and O–H groups in total. The highest BCUT2D eigenvalue weighted by molar-refractivity contribution is 6.21. The Balaban J connectivity index is 1.19. The molecule has 4 heteroatoms. The van der Waals surface area contributed by atoms with Gasteiger partial charge in [0, 0.05) is 21.9 Å². The minimum absolute atomic E-state index is 0.560. The van der Waals surface area contributed by atoms with Crippen LogP contribution in [0, 0.1) is 0 Å². The molecule has 2 heterocycles. The van der Waals surface area contributed by atoms with Crippen LogP contribution in [-0.2, 0) is 0 Å². The predicted molar refractivity (Wildman–Crippen MR) is 219 cm³/mol. The van der Waals surface area contributed by atoms with Gasteiger partial charge >= 0.3 is 0 Å². The number of benzene rings is 9. The summed E-state index contributed by atoms with van der Waals surface area (Å²) < 4.78 is 6.81. The third-order valence-corrected chi connectivity index (χ3v) is 10.5. The predicted octanol–water partition coefficient (Wildman–Crippen LogP) is 13.1. The molecule has 9 aromatic carbocycles. The van der Waals surface area contributed by atoms with Crippen LogP contribution in [0.15, 0.2) is 180 Å².